The predicted octanol–water partition coefficient (Wildman–Crippen LogP) is 6.21. The number of hydrogen-bond donors (Lipinski definition) is 1. The lowest BCUT2D eigenvalue weighted by atomic mass is 10.0. The van der Waals surface area contributed by atoms with E-state index in [4.69, 9.17) is 11.6 Å². The van der Waals surface area contributed by atoms with Gasteiger partial charge in [-0.3, -0.25) is 0 Å². The number of rotatable bonds is 4. The smallest absolute Gasteiger partial charge is 0.377 e. The van der Waals surface area contributed by atoms with Crippen molar-refractivity contribution in [3.63, 3.8) is 0 Å². The van der Waals surface area contributed by atoms with Crippen LogP contribution < -0.4 is 5.32 Å². The Kier molecular flexibility index (Phi) is 5.17. The summed E-state index contributed by atoms with van der Waals surface area (Å²) in [6, 6.07) is 12.6. The summed E-state index contributed by atoms with van der Waals surface area (Å²) in [7, 11) is 0. The van der Waals surface area contributed by atoms with Crippen LogP contribution in [0.3, 0.4) is 0 Å². The third-order valence-corrected chi connectivity index (χ3v) is 3.70. The van der Waals surface area contributed by atoms with E-state index in [1.807, 2.05) is 0 Å². The minimum absolute atomic E-state index is 0.368. The van der Waals surface area contributed by atoms with Gasteiger partial charge in [-0.25, -0.2) is 0 Å². The first-order valence-corrected chi connectivity index (χ1v) is 7.35. The van der Waals surface area contributed by atoms with Crippen LogP contribution in [-0.2, 0) is 0 Å². The molecule has 0 aliphatic rings. The zero-order chi connectivity index (χ0) is 15.5. The van der Waals surface area contributed by atoms with Gasteiger partial charge in [0.25, 0.3) is 0 Å². The summed E-state index contributed by atoms with van der Waals surface area (Å²) in [5, 5.41) is 3.24. The van der Waals surface area contributed by atoms with Crippen molar-refractivity contribution in [2.75, 3.05) is 5.32 Å². The first-order valence-electron chi connectivity index (χ1n) is 6.18. The van der Waals surface area contributed by atoms with E-state index in [-0.39, 0.29) is 0 Å². The lowest BCUT2D eigenvalue weighted by molar-refractivity contribution is -0.137. The zero-order valence-corrected chi connectivity index (χ0v) is 13.1. The predicted molar refractivity (Wildman–Crippen MR) is 82.6 cm³/mol. The fourth-order valence-electron chi connectivity index (χ4n) is 1.96. The van der Waals surface area contributed by atoms with Gasteiger partial charge in [0.1, 0.15) is 0 Å². The number of nitrogens with one attached hydrogen (secondary N) is 1. The van der Waals surface area contributed by atoms with E-state index in [1.54, 1.807) is 48.5 Å². The molecule has 0 aliphatic carbocycles. The Morgan fingerprint density at radius 3 is 2.33 bits per heavy atom. The van der Waals surface area contributed by atoms with E-state index in [0.717, 1.165) is 4.47 Å². The maximum absolute atomic E-state index is 12.8. The molecule has 0 radical (unpaired) electrons. The van der Waals surface area contributed by atoms with Gasteiger partial charge in [0.2, 0.25) is 0 Å². The van der Waals surface area contributed by atoms with Crippen LogP contribution in [0.25, 0.3) is 0 Å². The van der Waals surface area contributed by atoms with Gasteiger partial charge in [0, 0.05) is 4.47 Å². The highest BCUT2D eigenvalue weighted by molar-refractivity contribution is 9.10. The van der Waals surface area contributed by atoms with Gasteiger partial charge in [0.05, 0.1) is 23.2 Å². The second kappa shape index (κ2) is 6.71. The Morgan fingerprint density at radius 1 is 1.10 bits per heavy atom. The Morgan fingerprint density at radius 2 is 1.76 bits per heavy atom. The molecule has 1 nitrogen and oxygen atoms in total. The molecule has 1 N–H and O–H groups in total. The number of hydrogen-bond acceptors (Lipinski definition) is 1. The number of anilines is 1. The van der Waals surface area contributed by atoms with E-state index >= 15 is 0 Å². The molecule has 0 heterocycles. The first kappa shape index (κ1) is 16.2. The molecule has 1 unspecified atom stereocenters. The standard InChI is InChI=1S/C15H12BrClF3N/c16-11-6-7-13(12(17)8-11)21-14(9-15(18,19)20)10-4-2-1-3-5-10/h1-8,14,21H,9H2. The van der Waals surface area contributed by atoms with Crippen LogP contribution in [-0.4, -0.2) is 6.18 Å². The highest BCUT2D eigenvalue weighted by atomic mass is 79.9. The summed E-state index contributed by atoms with van der Waals surface area (Å²) in [6.07, 6.45) is -5.24. The molecule has 0 aliphatic heterocycles. The molecule has 21 heavy (non-hydrogen) atoms. The van der Waals surface area contributed by atoms with Crippen LogP contribution in [0.1, 0.15) is 18.0 Å². The second-order valence-corrected chi connectivity index (χ2v) is 5.87. The fraction of sp³-hybridized carbons (Fsp3) is 0.200. The molecule has 2 aromatic rings. The summed E-state index contributed by atoms with van der Waals surface area (Å²) < 4.78 is 39.1. The first-order chi connectivity index (χ1) is 9.85. The van der Waals surface area contributed by atoms with Gasteiger partial charge >= 0.3 is 6.18 Å². The Bertz CT molecular complexity index is 602. The Hall–Kier alpha value is -1.20. The van der Waals surface area contributed by atoms with Gasteiger partial charge < -0.3 is 5.32 Å². The molecule has 0 amide bonds. The molecule has 112 valence electrons. The summed E-state index contributed by atoms with van der Waals surface area (Å²) in [5.41, 5.74) is 1.03. The lowest BCUT2D eigenvalue weighted by Gasteiger charge is -2.22. The maximum Gasteiger partial charge on any atom is 0.391 e. The quantitative estimate of drug-likeness (QED) is 0.667. The Balaban J connectivity index is 2.28. The summed E-state index contributed by atoms with van der Waals surface area (Å²) in [6.45, 7) is 0. The molecule has 0 bridgehead atoms. The molecule has 6 heteroatoms. The third kappa shape index (κ3) is 4.93. The van der Waals surface area contributed by atoms with Crippen LogP contribution in [0.2, 0.25) is 5.02 Å². The van der Waals surface area contributed by atoms with Crippen molar-refractivity contribution in [2.24, 2.45) is 0 Å². The second-order valence-electron chi connectivity index (χ2n) is 4.55. The van der Waals surface area contributed by atoms with E-state index in [2.05, 4.69) is 21.2 Å². The molecule has 0 spiro atoms. The summed E-state index contributed by atoms with van der Waals surface area (Å²) in [5.74, 6) is 0. The van der Waals surface area contributed by atoms with Crippen LogP contribution >= 0.6 is 27.5 Å². The average Bonchev–Trinajstić information content (AvgIpc) is 2.40. The van der Waals surface area contributed by atoms with Gasteiger partial charge in [-0.2, -0.15) is 13.2 Å². The molecule has 1 atom stereocenters. The number of alkyl halides is 3. The molecule has 2 rings (SSSR count). The van der Waals surface area contributed by atoms with Crippen molar-refractivity contribution >= 4 is 33.2 Å². The van der Waals surface area contributed by atoms with E-state index in [0.29, 0.717) is 16.3 Å². The topological polar surface area (TPSA) is 12.0 Å². The molecule has 2 aromatic carbocycles. The third-order valence-electron chi connectivity index (χ3n) is 2.90. The van der Waals surface area contributed by atoms with E-state index < -0.39 is 18.6 Å². The molecule has 0 aromatic heterocycles. The van der Waals surface area contributed by atoms with Gasteiger partial charge in [-0.1, -0.05) is 57.9 Å². The van der Waals surface area contributed by atoms with Crippen molar-refractivity contribution in [3.8, 4) is 0 Å². The van der Waals surface area contributed by atoms with Crippen LogP contribution in [0.4, 0.5) is 18.9 Å². The normalized spacial score (nSPS) is 13.0. The van der Waals surface area contributed by atoms with Crippen LogP contribution in [0.15, 0.2) is 53.0 Å². The van der Waals surface area contributed by atoms with E-state index in [1.165, 1.54) is 0 Å². The molecule has 0 saturated heterocycles. The number of halogens is 5. The van der Waals surface area contributed by atoms with Crippen molar-refractivity contribution in [2.45, 2.75) is 18.6 Å². The molecule has 0 fully saturated rings. The highest BCUT2D eigenvalue weighted by Crippen LogP contribution is 2.34. The lowest BCUT2D eigenvalue weighted by Crippen LogP contribution is -2.20. The largest absolute Gasteiger partial charge is 0.391 e. The van der Waals surface area contributed by atoms with Crippen molar-refractivity contribution in [1.29, 1.82) is 0 Å². The Labute approximate surface area is 134 Å². The van der Waals surface area contributed by atoms with Crippen molar-refractivity contribution in [1.82, 2.24) is 0 Å². The van der Waals surface area contributed by atoms with Gasteiger partial charge in [-0.15, -0.1) is 0 Å². The van der Waals surface area contributed by atoms with Crippen LogP contribution in [0, 0.1) is 0 Å². The summed E-state index contributed by atoms with van der Waals surface area (Å²) >= 11 is 9.32. The fourth-order valence-corrected chi connectivity index (χ4v) is 2.69. The monoisotopic (exact) mass is 377 g/mol. The van der Waals surface area contributed by atoms with Gasteiger partial charge in [-0.05, 0) is 23.8 Å². The zero-order valence-electron chi connectivity index (χ0n) is 10.8. The minimum atomic E-state index is -4.27. The van der Waals surface area contributed by atoms with E-state index in [9.17, 15) is 13.2 Å². The minimum Gasteiger partial charge on any atom is -0.377 e. The van der Waals surface area contributed by atoms with Crippen molar-refractivity contribution < 1.29 is 13.2 Å². The number of benzene rings is 2. The summed E-state index contributed by atoms with van der Waals surface area (Å²) in [4.78, 5) is 0. The SMILES string of the molecule is FC(F)(F)CC(Nc1ccc(Br)cc1Cl)c1ccccc1. The molecule has 0 saturated carbocycles. The average molecular weight is 379 g/mol. The van der Waals surface area contributed by atoms with Crippen molar-refractivity contribution in [3.05, 3.63) is 63.6 Å². The highest BCUT2D eigenvalue weighted by Gasteiger charge is 2.32. The molecular formula is C15H12BrClF3N. The van der Waals surface area contributed by atoms with Crippen LogP contribution in [0.5, 0.6) is 0 Å². The molecular weight excluding hydrogens is 367 g/mol. The maximum atomic E-state index is 12.8. The van der Waals surface area contributed by atoms with Gasteiger partial charge in [0.15, 0.2) is 0 Å².